The molecule has 2 rings (SSSR count). The molecule has 0 unspecified atom stereocenters. The summed E-state index contributed by atoms with van der Waals surface area (Å²) < 4.78 is 27.7. The highest BCUT2D eigenvalue weighted by molar-refractivity contribution is 5.35. The third-order valence-electron chi connectivity index (χ3n) is 2.26. The van der Waals surface area contributed by atoms with Crippen molar-refractivity contribution in [1.29, 1.82) is 0 Å². The summed E-state index contributed by atoms with van der Waals surface area (Å²) in [6, 6.07) is 3.04. The Bertz CT molecular complexity index is 485. The normalized spacial score (nSPS) is 12.8. The van der Waals surface area contributed by atoms with E-state index >= 15 is 0 Å². The number of hydrogen-bond donors (Lipinski definition) is 1. The molecule has 1 atom stereocenters. The first kappa shape index (κ1) is 10.8. The first-order valence-corrected chi connectivity index (χ1v) is 4.82. The second-order valence-electron chi connectivity index (χ2n) is 3.60. The minimum absolute atomic E-state index is 0.256. The largest absolute Gasteiger partial charge is 0.323 e. The highest BCUT2D eigenvalue weighted by atomic mass is 19.1. The fourth-order valence-electron chi connectivity index (χ4n) is 1.54. The van der Waals surface area contributed by atoms with Gasteiger partial charge in [0.25, 0.3) is 0 Å². The zero-order valence-corrected chi connectivity index (χ0v) is 8.69. The van der Waals surface area contributed by atoms with Crippen molar-refractivity contribution in [3.8, 4) is 5.69 Å². The van der Waals surface area contributed by atoms with Crippen LogP contribution >= 0.6 is 0 Å². The summed E-state index contributed by atoms with van der Waals surface area (Å²) in [6.45, 7) is 1.78. The molecule has 0 amide bonds. The van der Waals surface area contributed by atoms with Crippen molar-refractivity contribution in [2.75, 3.05) is 0 Å². The van der Waals surface area contributed by atoms with Gasteiger partial charge in [0.15, 0.2) is 0 Å². The Balaban J connectivity index is 2.54. The third kappa shape index (κ3) is 1.94. The van der Waals surface area contributed by atoms with E-state index in [1.165, 1.54) is 18.5 Å². The number of imidazole rings is 1. The molecule has 5 heteroatoms. The molecule has 2 aromatic rings. The van der Waals surface area contributed by atoms with Crippen LogP contribution in [0, 0.1) is 11.6 Å². The van der Waals surface area contributed by atoms with Gasteiger partial charge in [0.1, 0.15) is 11.6 Å². The number of nitrogens with zero attached hydrogens (tertiary/aromatic N) is 2. The Hall–Kier alpha value is -1.75. The van der Waals surface area contributed by atoms with Gasteiger partial charge in [-0.3, -0.25) is 0 Å². The molecule has 0 fully saturated rings. The molecule has 16 heavy (non-hydrogen) atoms. The fraction of sp³-hybridized carbons (Fsp3) is 0.182. The Labute approximate surface area is 91.5 Å². The van der Waals surface area contributed by atoms with Crippen LogP contribution in [0.25, 0.3) is 5.69 Å². The van der Waals surface area contributed by atoms with E-state index in [1.54, 1.807) is 17.7 Å². The van der Waals surface area contributed by atoms with E-state index < -0.39 is 11.6 Å². The minimum atomic E-state index is -0.626. The van der Waals surface area contributed by atoms with Crippen molar-refractivity contribution in [2.24, 2.45) is 5.73 Å². The van der Waals surface area contributed by atoms with Crippen LogP contribution in [0.15, 0.2) is 30.7 Å². The van der Waals surface area contributed by atoms with Crippen molar-refractivity contribution in [3.05, 3.63) is 48.1 Å². The number of aromatic nitrogens is 2. The maximum absolute atomic E-state index is 13.0. The predicted octanol–water partition coefficient (Wildman–Crippen LogP) is 2.17. The lowest BCUT2D eigenvalue weighted by Gasteiger charge is -2.10. The van der Waals surface area contributed by atoms with E-state index in [4.69, 9.17) is 5.73 Å². The third-order valence-corrected chi connectivity index (χ3v) is 2.26. The average molecular weight is 223 g/mol. The fourth-order valence-corrected chi connectivity index (χ4v) is 1.54. The van der Waals surface area contributed by atoms with Crippen molar-refractivity contribution < 1.29 is 8.78 Å². The van der Waals surface area contributed by atoms with Crippen molar-refractivity contribution in [1.82, 2.24) is 9.55 Å². The van der Waals surface area contributed by atoms with Gasteiger partial charge in [0.05, 0.1) is 23.9 Å². The van der Waals surface area contributed by atoms with Crippen molar-refractivity contribution in [2.45, 2.75) is 13.0 Å². The van der Waals surface area contributed by atoms with Crippen LogP contribution in [0.3, 0.4) is 0 Å². The van der Waals surface area contributed by atoms with Crippen LogP contribution in [-0.4, -0.2) is 9.55 Å². The van der Waals surface area contributed by atoms with Crippen LogP contribution in [0.5, 0.6) is 0 Å². The second-order valence-corrected chi connectivity index (χ2v) is 3.60. The Kier molecular flexibility index (Phi) is 2.70. The smallest absolute Gasteiger partial charge is 0.128 e. The maximum atomic E-state index is 13.0. The summed E-state index contributed by atoms with van der Waals surface area (Å²) in [5.74, 6) is -1.25. The van der Waals surface area contributed by atoms with E-state index in [0.29, 0.717) is 11.4 Å². The Morgan fingerprint density at radius 1 is 1.25 bits per heavy atom. The number of benzene rings is 1. The van der Waals surface area contributed by atoms with Crippen molar-refractivity contribution >= 4 is 0 Å². The lowest BCUT2D eigenvalue weighted by atomic mass is 10.2. The van der Waals surface area contributed by atoms with Gasteiger partial charge in [-0.1, -0.05) is 0 Å². The first-order valence-electron chi connectivity index (χ1n) is 4.82. The standard InChI is InChI=1S/C11H11F2N3/c1-7(14)11-5-15-6-16(11)10-3-8(12)2-9(13)4-10/h2-7H,14H2,1H3/t7-/m0/s1. The molecule has 0 aliphatic heterocycles. The zero-order valence-electron chi connectivity index (χ0n) is 8.69. The summed E-state index contributed by atoms with van der Waals surface area (Å²) in [6.07, 6.45) is 3.06. The molecule has 1 aromatic heterocycles. The summed E-state index contributed by atoms with van der Waals surface area (Å²) in [4.78, 5) is 3.92. The molecule has 84 valence electrons. The number of halogens is 2. The van der Waals surface area contributed by atoms with Gasteiger partial charge < -0.3 is 10.3 Å². The highest BCUT2D eigenvalue weighted by Crippen LogP contribution is 2.18. The van der Waals surface area contributed by atoms with Gasteiger partial charge in [0.2, 0.25) is 0 Å². The number of rotatable bonds is 2. The Morgan fingerprint density at radius 2 is 1.88 bits per heavy atom. The summed E-state index contributed by atoms with van der Waals surface area (Å²) in [5, 5.41) is 0. The van der Waals surface area contributed by atoms with Crippen LogP contribution in [-0.2, 0) is 0 Å². The molecule has 0 saturated carbocycles. The van der Waals surface area contributed by atoms with Crippen LogP contribution in [0.2, 0.25) is 0 Å². The number of nitrogens with two attached hydrogens (primary N) is 1. The van der Waals surface area contributed by atoms with E-state index in [-0.39, 0.29) is 6.04 Å². The van der Waals surface area contributed by atoms with E-state index in [1.807, 2.05) is 0 Å². The molecule has 1 aromatic carbocycles. The number of hydrogen-bond acceptors (Lipinski definition) is 2. The van der Waals surface area contributed by atoms with Gasteiger partial charge in [-0.15, -0.1) is 0 Å². The first-order chi connectivity index (χ1) is 7.58. The minimum Gasteiger partial charge on any atom is -0.323 e. The molecular formula is C11H11F2N3. The van der Waals surface area contributed by atoms with Gasteiger partial charge >= 0.3 is 0 Å². The van der Waals surface area contributed by atoms with Gasteiger partial charge in [-0.05, 0) is 19.1 Å². The molecule has 0 spiro atoms. The Morgan fingerprint density at radius 3 is 2.44 bits per heavy atom. The molecule has 2 N–H and O–H groups in total. The monoisotopic (exact) mass is 223 g/mol. The van der Waals surface area contributed by atoms with Crippen molar-refractivity contribution in [3.63, 3.8) is 0 Å². The molecule has 0 bridgehead atoms. The molecule has 0 saturated heterocycles. The van der Waals surface area contributed by atoms with Gasteiger partial charge in [0, 0.05) is 12.1 Å². The summed E-state index contributed by atoms with van der Waals surface area (Å²) in [5.41, 5.74) is 6.80. The van der Waals surface area contributed by atoms with Gasteiger partial charge in [-0.2, -0.15) is 0 Å². The zero-order chi connectivity index (χ0) is 11.7. The molecule has 1 heterocycles. The highest BCUT2D eigenvalue weighted by Gasteiger charge is 2.10. The van der Waals surface area contributed by atoms with E-state index in [2.05, 4.69) is 4.98 Å². The molecule has 0 aliphatic rings. The topological polar surface area (TPSA) is 43.8 Å². The predicted molar refractivity (Wildman–Crippen MR) is 56.1 cm³/mol. The lowest BCUT2D eigenvalue weighted by Crippen LogP contribution is -2.10. The van der Waals surface area contributed by atoms with Gasteiger partial charge in [-0.25, -0.2) is 13.8 Å². The van der Waals surface area contributed by atoms with E-state index in [9.17, 15) is 8.78 Å². The maximum Gasteiger partial charge on any atom is 0.128 e. The average Bonchev–Trinajstić information content (AvgIpc) is 2.63. The summed E-state index contributed by atoms with van der Waals surface area (Å²) >= 11 is 0. The SMILES string of the molecule is C[C@H](N)c1cncn1-c1cc(F)cc(F)c1. The molecule has 3 nitrogen and oxygen atoms in total. The van der Waals surface area contributed by atoms with E-state index in [0.717, 1.165) is 6.07 Å². The van der Waals surface area contributed by atoms with Crippen LogP contribution < -0.4 is 5.73 Å². The quantitative estimate of drug-likeness (QED) is 0.847. The molecular weight excluding hydrogens is 212 g/mol. The second kappa shape index (κ2) is 4.02. The molecule has 0 aliphatic carbocycles. The van der Waals surface area contributed by atoms with Crippen LogP contribution in [0.4, 0.5) is 8.78 Å². The summed E-state index contributed by atoms with van der Waals surface area (Å²) in [7, 11) is 0. The lowest BCUT2D eigenvalue weighted by molar-refractivity contribution is 0.580. The molecule has 0 radical (unpaired) electrons. The van der Waals surface area contributed by atoms with Crippen LogP contribution in [0.1, 0.15) is 18.7 Å².